The van der Waals surface area contributed by atoms with Crippen molar-refractivity contribution in [2.75, 3.05) is 37.6 Å². The lowest BCUT2D eigenvalue weighted by atomic mass is 9.78. The van der Waals surface area contributed by atoms with E-state index in [0.29, 0.717) is 55.7 Å². The number of para-hydroxylation sites is 2. The predicted molar refractivity (Wildman–Crippen MR) is 153 cm³/mol. The number of carbonyl (C=O) groups excluding carboxylic acids is 1. The first-order valence-corrected chi connectivity index (χ1v) is 13.6. The average molecular weight is 529 g/mol. The van der Waals surface area contributed by atoms with Gasteiger partial charge < -0.3 is 29.6 Å². The Bertz CT molecular complexity index is 1380. The predicted octanol–water partition coefficient (Wildman–Crippen LogP) is 6.87. The van der Waals surface area contributed by atoms with Gasteiger partial charge in [-0.3, -0.25) is 4.79 Å². The van der Waals surface area contributed by atoms with Crippen molar-refractivity contribution >= 4 is 17.2 Å². The fourth-order valence-corrected chi connectivity index (χ4v) is 5.44. The van der Waals surface area contributed by atoms with E-state index in [1.165, 1.54) is 0 Å². The molecule has 7 nitrogen and oxygen atoms in total. The van der Waals surface area contributed by atoms with E-state index in [1.807, 2.05) is 81.4 Å². The van der Waals surface area contributed by atoms with Crippen LogP contribution >= 0.6 is 0 Å². The number of nitrogens with one attached hydrogen (secondary N) is 2. The summed E-state index contributed by atoms with van der Waals surface area (Å²) in [5.74, 6) is 2.88. The topological polar surface area (TPSA) is 78.1 Å². The molecule has 39 heavy (non-hydrogen) atoms. The highest BCUT2D eigenvalue weighted by atomic mass is 16.5. The molecule has 5 rings (SSSR count). The first kappa shape index (κ1) is 26.5. The number of benzene rings is 3. The van der Waals surface area contributed by atoms with E-state index in [9.17, 15) is 4.79 Å². The second-order valence-electron chi connectivity index (χ2n) is 9.58. The molecule has 1 aliphatic carbocycles. The lowest BCUT2D eigenvalue weighted by Gasteiger charge is -2.30. The molecule has 0 saturated heterocycles. The van der Waals surface area contributed by atoms with E-state index in [0.717, 1.165) is 33.8 Å². The summed E-state index contributed by atoms with van der Waals surface area (Å²) in [4.78, 5) is 14.0. The lowest BCUT2D eigenvalue weighted by Crippen LogP contribution is -2.27. The van der Waals surface area contributed by atoms with Crippen molar-refractivity contribution in [2.45, 2.75) is 45.6 Å². The largest absolute Gasteiger partial charge is 0.493 e. The molecule has 0 radical (unpaired) electrons. The van der Waals surface area contributed by atoms with E-state index in [-0.39, 0.29) is 17.7 Å². The monoisotopic (exact) mass is 528 g/mol. The molecular weight excluding hydrogens is 492 g/mol. The van der Waals surface area contributed by atoms with Crippen molar-refractivity contribution in [1.29, 1.82) is 0 Å². The summed E-state index contributed by atoms with van der Waals surface area (Å²) < 4.78 is 23.0. The van der Waals surface area contributed by atoms with Crippen molar-refractivity contribution in [3.63, 3.8) is 0 Å². The van der Waals surface area contributed by atoms with E-state index in [2.05, 4.69) is 10.6 Å². The zero-order chi connectivity index (χ0) is 27.4. The summed E-state index contributed by atoms with van der Waals surface area (Å²) in [5.41, 5.74) is 5.57. The average Bonchev–Trinajstić information content (AvgIpc) is 3.11. The van der Waals surface area contributed by atoms with Gasteiger partial charge in [0.05, 0.1) is 44.3 Å². The number of allylic oxidation sites excluding steroid dienone is 1. The molecule has 1 aliphatic heterocycles. The number of hydrogen-bond donors (Lipinski definition) is 2. The first-order valence-electron chi connectivity index (χ1n) is 13.6. The molecule has 0 saturated carbocycles. The molecule has 2 unspecified atom stereocenters. The summed E-state index contributed by atoms with van der Waals surface area (Å²) in [5, 5.41) is 7.25. The summed E-state index contributed by atoms with van der Waals surface area (Å²) in [6, 6.07) is 19.6. The van der Waals surface area contributed by atoms with Gasteiger partial charge in [-0.25, -0.2) is 0 Å². The third-order valence-corrected chi connectivity index (χ3v) is 7.17. The van der Waals surface area contributed by atoms with Crippen LogP contribution in [-0.2, 0) is 4.79 Å². The van der Waals surface area contributed by atoms with Gasteiger partial charge in [0.15, 0.2) is 28.8 Å². The number of fused-ring (bicyclic) bond motifs is 1. The lowest BCUT2D eigenvalue weighted by molar-refractivity contribution is -0.116. The van der Waals surface area contributed by atoms with Crippen LogP contribution in [0.1, 0.15) is 56.7 Å². The van der Waals surface area contributed by atoms with Crippen molar-refractivity contribution < 1.29 is 23.7 Å². The van der Waals surface area contributed by atoms with Gasteiger partial charge in [-0.1, -0.05) is 24.3 Å². The molecule has 2 N–H and O–H groups in total. The molecule has 3 aromatic carbocycles. The first-order chi connectivity index (χ1) is 19.1. The van der Waals surface area contributed by atoms with Crippen LogP contribution in [0.2, 0.25) is 0 Å². The standard InChI is InChI=1S/C32H36N2O5/c1-5-37-27-14-12-20(18-29(27)36-4)22-16-25-31(26(35)17-22)32(34-24-11-9-8-10-23(24)33-25)21-13-15-28(38-6-2)30(19-21)39-7-3/h8-15,18-19,22,32-34H,5-7,16-17H2,1-4H3. The minimum Gasteiger partial charge on any atom is -0.493 e. The Kier molecular flexibility index (Phi) is 7.96. The number of hydrogen-bond acceptors (Lipinski definition) is 7. The molecule has 3 aromatic rings. The quantitative estimate of drug-likeness (QED) is 0.314. The number of rotatable bonds is 9. The Balaban J connectivity index is 1.56. The van der Waals surface area contributed by atoms with Gasteiger partial charge in [0.1, 0.15) is 0 Å². The molecule has 0 bridgehead atoms. The molecule has 0 fully saturated rings. The summed E-state index contributed by atoms with van der Waals surface area (Å²) in [6.45, 7) is 7.47. The van der Waals surface area contributed by atoms with E-state index in [4.69, 9.17) is 18.9 Å². The van der Waals surface area contributed by atoms with Gasteiger partial charge in [-0.2, -0.15) is 0 Å². The van der Waals surface area contributed by atoms with Crippen LogP contribution in [0.25, 0.3) is 0 Å². The Hall–Kier alpha value is -4.13. The van der Waals surface area contributed by atoms with Gasteiger partial charge in [-0.15, -0.1) is 0 Å². The highest BCUT2D eigenvalue weighted by Gasteiger charge is 2.36. The van der Waals surface area contributed by atoms with Crippen LogP contribution in [0.15, 0.2) is 71.9 Å². The number of ketones is 1. The number of ether oxygens (including phenoxy) is 4. The van der Waals surface area contributed by atoms with Gasteiger partial charge in [-0.05, 0) is 80.6 Å². The van der Waals surface area contributed by atoms with E-state index < -0.39 is 0 Å². The maximum absolute atomic E-state index is 14.0. The Morgan fingerprint density at radius 2 is 1.36 bits per heavy atom. The molecular formula is C32H36N2O5. The fraction of sp³-hybridized carbons (Fsp3) is 0.344. The van der Waals surface area contributed by atoms with Crippen LogP contribution in [0, 0.1) is 0 Å². The van der Waals surface area contributed by atoms with Gasteiger partial charge in [0.25, 0.3) is 0 Å². The molecule has 0 aromatic heterocycles. The molecule has 2 atom stereocenters. The number of carbonyl (C=O) groups is 1. The molecule has 7 heteroatoms. The van der Waals surface area contributed by atoms with Crippen LogP contribution in [0.4, 0.5) is 11.4 Å². The van der Waals surface area contributed by atoms with Crippen LogP contribution in [-0.4, -0.2) is 32.7 Å². The summed E-state index contributed by atoms with van der Waals surface area (Å²) in [7, 11) is 1.64. The van der Waals surface area contributed by atoms with Crippen LogP contribution < -0.4 is 29.6 Å². The minimum atomic E-state index is -0.339. The highest BCUT2D eigenvalue weighted by Crippen LogP contribution is 2.46. The molecule has 2 aliphatic rings. The normalized spacial score (nSPS) is 18.2. The second kappa shape index (κ2) is 11.7. The van der Waals surface area contributed by atoms with Crippen molar-refractivity contribution in [3.8, 4) is 23.0 Å². The number of anilines is 2. The number of Topliss-reactive ketones (excluding diaryl/α,β-unsaturated/α-hetero) is 1. The van der Waals surface area contributed by atoms with Gasteiger partial charge >= 0.3 is 0 Å². The van der Waals surface area contributed by atoms with E-state index in [1.54, 1.807) is 7.11 Å². The van der Waals surface area contributed by atoms with Crippen LogP contribution in [0.5, 0.6) is 23.0 Å². The summed E-state index contributed by atoms with van der Waals surface area (Å²) >= 11 is 0. The van der Waals surface area contributed by atoms with E-state index >= 15 is 0 Å². The van der Waals surface area contributed by atoms with Crippen LogP contribution in [0.3, 0.4) is 0 Å². The van der Waals surface area contributed by atoms with Gasteiger partial charge in [0, 0.05) is 17.7 Å². The molecule has 1 heterocycles. The Morgan fingerprint density at radius 3 is 2.05 bits per heavy atom. The third-order valence-electron chi connectivity index (χ3n) is 7.17. The highest BCUT2D eigenvalue weighted by molar-refractivity contribution is 6.01. The minimum absolute atomic E-state index is 0.0126. The maximum atomic E-state index is 14.0. The van der Waals surface area contributed by atoms with Crippen molar-refractivity contribution in [3.05, 3.63) is 83.1 Å². The van der Waals surface area contributed by atoms with Gasteiger partial charge in [0.2, 0.25) is 0 Å². The molecule has 0 amide bonds. The zero-order valence-corrected chi connectivity index (χ0v) is 23.0. The SMILES string of the molecule is CCOc1ccc(C2CC(=O)C3=C(C2)Nc2ccccc2NC3c2ccc(OCC)c(OCC)c2)cc1OC. The zero-order valence-electron chi connectivity index (χ0n) is 23.0. The fourth-order valence-electron chi connectivity index (χ4n) is 5.44. The maximum Gasteiger partial charge on any atom is 0.163 e. The third kappa shape index (κ3) is 5.39. The van der Waals surface area contributed by atoms with Crippen molar-refractivity contribution in [2.24, 2.45) is 0 Å². The molecule has 0 spiro atoms. The number of methoxy groups -OCH3 is 1. The Morgan fingerprint density at radius 1 is 0.744 bits per heavy atom. The summed E-state index contributed by atoms with van der Waals surface area (Å²) in [6.07, 6.45) is 1.10. The smallest absolute Gasteiger partial charge is 0.163 e. The molecule has 204 valence electrons. The van der Waals surface area contributed by atoms with Crippen molar-refractivity contribution in [1.82, 2.24) is 0 Å². The second-order valence-corrected chi connectivity index (χ2v) is 9.58. The Labute approximate surface area is 230 Å².